The Kier molecular flexibility index (Phi) is 8.83. The maximum Gasteiger partial charge on any atom is 0.266 e. The van der Waals surface area contributed by atoms with E-state index in [0.29, 0.717) is 27.9 Å². The fraction of sp³-hybridized carbons (Fsp3) is 0.333. The molecule has 0 fully saturated rings. The van der Waals surface area contributed by atoms with Gasteiger partial charge in [-0.1, -0.05) is 17.4 Å². The molecule has 3 aromatic rings. The Hall–Kier alpha value is -2.42. The van der Waals surface area contributed by atoms with Crippen LogP contribution in [0.2, 0.25) is 0 Å². The predicted octanol–water partition coefficient (Wildman–Crippen LogP) is 4.23. The third-order valence-electron chi connectivity index (χ3n) is 4.30. The van der Waals surface area contributed by atoms with Crippen LogP contribution in [0.3, 0.4) is 0 Å². The van der Waals surface area contributed by atoms with Crippen molar-refractivity contribution in [3.05, 3.63) is 48.3 Å². The molecule has 0 aliphatic heterocycles. The number of nitrogens with zero attached hydrogens (tertiary/aromatic N) is 3. The smallest absolute Gasteiger partial charge is 0.266 e. The monoisotopic (exact) mass is 453 g/mol. The summed E-state index contributed by atoms with van der Waals surface area (Å²) in [5.41, 5.74) is 0.286. The van der Waals surface area contributed by atoms with Crippen LogP contribution < -0.4 is 14.4 Å². The summed E-state index contributed by atoms with van der Waals surface area (Å²) in [6.07, 6.45) is 0.764. The number of rotatable bonds is 9. The lowest BCUT2D eigenvalue weighted by atomic mass is 10.3. The molecular formula is C21H25ClFN3O3S. The van der Waals surface area contributed by atoms with Gasteiger partial charge in [0.2, 0.25) is 0 Å². The molecule has 0 saturated carbocycles. The number of carbonyl (C=O) groups excluding carboxylic acids is 1. The fourth-order valence-electron chi connectivity index (χ4n) is 2.79. The van der Waals surface area contributed by atoms with Gasteiger partial charge in [0.25, 0.3) is 5.91 Å². The van der Waals surface area contributed by atoms with E-state index in [2.05, 4.69) is 9.88 Å². The fourth-order valence-corrected chi connectivity index (χ4v) is 3.81. The first kappa shape index (κ1) is 23.9. The van der Waals surface area contributed by atoms with Gasteiger partial charge in [0.15, 0.2) is 11.7 Å². The average molecular weight is 454 g/mol. The highest BCUT2D eigenvalue weighted by molar-refractivity contribution is 7.22. The van der Waals surface area contributed by atoms with Gasteiger partial charge in [-0.15, -0.1) is 12.4 Å². The second-order valence-corrected chi connectivity index (χ2v) is 7.76. The van der Waals surface area contributed by atoms with Crippen molar-refractivity contribution in [2.45, 2.75) is 6.42 Å². The van der Waals surface area contributed by atoms with Crippen LogP contribution in [0.4, 0.5) is 9.52 Å². The molecule has 3 rings (SSSR count). The van der Waals surface area contributed by atoms with Gasteiger partial charge in [-0.05, 0) is 63.5 Å². The predicted molar refractivity (Wildman–Crippen MR) is 121 cm³/mol. The highest BCUT2D eigenvalue weighted by atomic mass is 35.5. The lowest BCUT2D eigenvalue weighted by Crippen LogP contribution is -2.36. The Morgan fingerprint density at radius 3 is 2.43 bits per heavy atom. The zero-order valence-corrected chi connectivity index (χ0v) is 18.8. The van der Waals surface area contributed by atoms with Crippen molar-refractivity contribution in [3.63, 3.8) is 0 Å². The summed E-state index contributed by atoms with van der Waals surface area (Å²) in [5, 5.41) is 0.479. The van der Waals surface area contributed by atoms with Gasteiger partial charge in [-0.3, -0.25) is 9.69 Å². The largest absolute Gasteiger partial charge is 0.497 e. The number of amides is 1. The number of benzene rings is 2. The summed E-state index contributed by atoms with van der Waals surface area (Å²) in [6, 6.07) is 11.8. The molecule has 30 heavy (non-hydrogen) atoms. The molecule has 0 spiro atoms. The second kappa shape index (κ2) is 11.1. The number of anilines is 1. The number of aromatic nitrogens is 1. The van der Waals surface area contributed by atoms with Crippen LogP contribution in [0, 0.1) is 5.82 Å². The maximum atomic E-state index is 14.1. The Balaban J connectivity index is 0.00000320. The molecule has 0 unspecified atom stereocenters. The molecule has 162 valence electrons. The standard InChI is InChI=1S/C21H24FN3O3S.ClH/c1-24(2)12-5-13-25(21-23-20-17(22)6-4-7-18(20)29-21)19(26)14-28-16-10-8-15(27-3)9-11-16;/h4,6-11H,5,12-14H2,1-3H3;1H. The first-order chi connectivity index (χ1) is 14.0. The highest BCUT2D eigenvalue weighted by Crippen LogP contribution is 2.30. The Labute approximate surface area is 185 Å². The van der Waals surface area contributed by atoms with Crippen LogP contribution in [-0.4, -0.2) is 56.7 Å². The number of fused-ring (bicyclic) bond motifs is 1. The molecule has 0 aliphatic rings. The summed E-state index contributed by atoms with van der Waals surface area (Å²) >= 11 is 1.30. The molecule has 0 aliphatic carbocycles. The Morgan fingerprint density at radius 1 is 1.10 bits per heavy atom. The molecular weight excluding hydrogens is 429 g/mol. The van der Waals surface area contributed by atoms with E-state index in [4.69, 9.17) is 9.47 Å². The topological polar surface area (TPSA) is 54.9 Å². The summed E-state index contributed by atoms with van der Waals surface area (Å²) < 4.78 is 25.5. The van der Waals surface area contributed by atoms with Gasteiger partial charge in [0.05, 0.1) is 11.8 Å². The van der Waals surface area contributed by atoms with Crippen molar-refractivity contribution in [1.82, 2.24) is 9.88 Å². The summed E-state index contributed by atoms with van der Waals surface area (Å²) in [7, 11) is 5.55. The third kappa shape index (κ3) is 6.04. The molecule has 1 amide bonds. The lowest BCUT2D eigenvalue weighted by molar-refractivity contribution is -0.120. The van der Waals surface area contributed by atoms with Crippen molar-refractivity contribution in [3.8, 4) is 11.5 Å². The Morgan fingerprint density at radius 2 is 1.80 bits per heavy atom. The van der Waals surface area contributed by atoms with Crippen molar-refractivity contribution >= 4 is 45.0 Å². The summed E-state index contributed by atoms with van der Waals surface area (Å²) in [5.74, 6) is 0.674. The summed E-state index contributed by atoms with van der Waals surface area (Å²) in [4.78, 5) is 20.9. The van der Waals surface area contributed by atoms with Gasteiger partial charge in [0.1, 0.15) is 22.8 Å². The number of para-hydroxylation sites is 1. The van der Waals surface area contributed by atoms with Crippen LogP contribution in [-0.2, 0) is 4.79 Å². The number of methoxy groups -OCH3 is 1. The molecule has 2 aromatic carbocycles. The molecule has 0 radical (unpaired) electrons. The van der Waals surface area contributed by atoms with Crippen LogP contribution in [0.25, 0.3) is 10.2 Å². The van der Waals surface area contributed by atoms with Crippen molar-refractivity contribution in [2.24, 2.45) is 0 Å². The van der Waals surface area contributed by atoms with Crippen molar-refractivity contribution < 1.29 is 18.7 Å². The van der Waals surface area contributed by atoms with Gasteiger partial charge in [0, 0.05) is 6.54 Å². The van der Waals surface area contributed by atoms with Crippen LogP contribution >= 0.6 is 23.7 Å². The van der Waals surface area contributed by atoms with Crippen LogP contribution in [0.15, 0.2) is 42.5 Å². The van der Waals surface area contributed by atoms with Crippen molar-refractivity contribution in [1.29, 1.82) is 0 Å². The van der Waals surface area contributed by atoms with Crippen molar-refractivity contribution in [2.75, 3.05) is 45.8 Å². The van der Waals surface area contributed by atoms with Crippen LogP contribution in [0.5, 0.6) is 11.5 Å². The maximum absolute atomic E-state index is 14.1. The molecule has 1 aromatic heterocycles. The minimum absolute atomic E-state index is 0. The number of hydrogen-bond acceptors (Lipinski definition) is 6. The SMILES string of the molecule is COc1ccc(OCC(=O)N(CCCN(C)C)c2nc3c(F)cccc3s2)cc1.Cl. The molecule has 0 atom stereocenters. The number of halogens is 2. The molecule has 0 bridgehead atoms. The van der Waals surface area contributed by atoms with Gasteiger partial charge in [-0.2, -0.15) is 0 Å². The first-order valence-electron chi connectivity index (χ1n) is 9.25. The van der Waals surface area contributed by atoms with Crippen LogP contribution in [0.1, 0.15) is 6.42 Å². The highest BCUT2D eigenvalue weighted by Gasteiger charge is 2.21. The number of hydrogen-bond donors (Lipinski definition) is 0. The molecule has 9 heteroatoms. The summed E-state index contributed by atoms with van der Waals surface area (Å²) in [6.45, 7) is 1.17. The number of thiazole rings is 1. The third-order valence-corrected chi connectivity index (χ3v) is 5.34. The number of ether oxygens (including phenoxy) is 2. The van der Waals surface area contributed by atoms with Gasteiger partial charge in [-0.25, -0.2) is 9.37 Å². The minimum Gasteiger partial charge on any atom is -0.497 e. The van der Waals surface area contributed by atoms with E-state index in [-0.39, 0.29) is 36.3 Å². The van der Waals surface area contributed by atoms with E-state index < -0.39 is 0 Å². The normalized spacial score (nSPS) is 10.7. The zero-order chi connectivity index (χ0) is 20.8. The quantitative estimate of drug-likeness (QED) is 0.485. The van der Waals surface area contributed by atoms with E-state index in [1.54, 1.807) is 48.4 Å². The molecule has 0 saturated heterocycles. The molecule has 0 N–H and O–H groups in total. The number of carbonyl (C=O) groups is 1. The average Bonchev–Trinajstić information content (AvgIpc) is 3.15. The molecule has 1 heterocycles. The minimum atomic E-state index is -0.389. The molecule has 6 nitrogen and oxygen atoms in total. The van der Waals surface area contributed by atoms with E-state index in [1.807, 2.05) is 14.1 Å². The van der Waals surface area contributed by atoms with Gasteiger partial charge < -0.3 is 14.4 Å². The Bertz CT molecular complexity index is 966. The lowest BCUT2D eigenvalue weighted by Gasteiger charge is -2.21. The van der Waals surface area contributed by atoms with E-state index in [0.717, 1.165) is 13.0 Å². The first-order valence-corrected chi connectivity index (χ1v) is 10.1. The van der Waals surface area contributed by atoms with E-state index >= 15 is 0 Å². The van der Waals surface area contributed by atoms with E-state index in [1.165, 1.54) is 17.4 Å². The second-order valence-electron chi connectivity index (χ2n) is 6.75. The van der Waals surface area contributed by atoms with Gasteiger partial charge >= 0.3 is 0 Å². The van der Waals surface area contributed by atoms with E-state index in [9.17, 15) is 9.18 Å². The zero-order valence-electron chi connectivity index (χ0n) is 17.1.